The minimum absolute atomic E-state index is 0. The van der Waals surface area contributed by atoms with Crippen molar-refractivity contribution in [2.45, 2.75) is 13.3 Å². The normalized spacial score (nSPS) is 13.9. The zero-order chi connectivity index (χ0) is 20.1. The molecule has 0 atom stereocenters. The van der Waals surface area contributed by atoms with E-state index < -0.39 is 0 Å². The molecule has 1 aliphatic rings. The highest BCUT2D eigenvalue weighted by Gasteiger charge is 2.17. The van der Waals surface area contributed by atoms with Gasteiger partial charge in [-0.3, -0.25) is 4.90 Å². The number of piperazine rings is 1. The molecular weight excluding hydrogens is 455 g/mol. The Morgan fingerprint density at radius 3 is 2.55 bits per heavy atom. The fourth-order valence-electron chi connectivity index (χ4n) is 3.75. The molecule has 1 aliphatic heterocycles. The number of imidazole rings is 1. The molecule has 1 aromatic carbocycles. The van der Waals surface area contributed by atoms with Gasteiger partial charge in [0.05, 0.1) is 25.7 Å². The Kier molecular flexibility index (Phi) is 9.96. The topological polar surface area (TPSA) is 42.8 Å². The molecule has 6 nitrogen and oxygen atoms in total. The molecule has 0 bridgehead atoms. The van der Waals surface area contributed by atoms with Gasteiger partial charge in [-0.25, -0.2) is 4.98 Å². The van der Waals surface area contributed by atoms with Crippen molar-refractivity contribution in [1.82, 2.24) is 14.5 Å². The summed E-state index contributed by atoms with van der Waals surface area (Å²) in [6.07, 6.45) is 6.48. The van der Waals surface area contributed by atoms with Crippen LogP contribution in [-0.4, -0.2) is 60.9 Å². The number of ether oxygens (including phenoxy) is 2. The molecule has 3 heterocycles. The van der Waals surface area contributed by atoms with Gasteiger partial charge in [0.2, 0.25) is 0 Å². The molecule has 4 rings (SSSR count). The first kappa shape index (κ1) is 25.3. The molecule has 1 fully saturated rings. The Morgan fingerprint density at radius 2 is 1.90 bits per heavy atom. The van der Waals surface area contributed by atoms with Crippen molar-refractivity contribution in [3.05, 3.63) is 53.2 Å². The molecule has 2 aromatic heterocycles. The quantitative estimate of drug-likeness (QED) is 0.434. The highest BCUT2D eigenvalue weighted by molar-refractivity contribution is 7.08. The first-order chi connectivity index (χ1) is 14.2. The van der Waals surface area contributed by atoms with Crippen molar-refractivity contribution in [3.8, 4) is 17.2 Å². The maximum atomic E-state index is 6.12. The minimum atomic E-state index is 0. The van der Waals surface area contributed by atoms with Crippen LogP contribution in [0.15, 0.2) is 47.7 Å². The number of halogens is 2. The summed E-state index contributed by atoms with van der Waals surface area (Å²) in [5.74, 6) is 1.59. The van der Waals surface area contributed by atoms with E-state index >= 15 is 0 Å². The lowest BCUT2D eigenvalue weighted by Crippen LogP contribution is -2.46. The number of nitrogens with zero attached hydrogens (tertiary/aromatic N) is 4. The second kappa shape index (κ2) is 12.2. The van der Waals surface area contributed by atoms with Crippen molar-refractivity contribution in [3.63, 3.8) is 0 Å². The summed E-state index contributed by atoms with van der Waals surface area (Å²) >= 11 is 1.77. The molecule has 0 radical (unpaired) electrons. The summed E-state index contributed by atoms with van der Waals surface area (Å²) in [6.45, 7) is 8.22. The van der Waals surface area contributed by atoms with Crippen LogP contribution in [0, 0.1) is 6.92 Å². The Labute approximate surface area is 200 Å². The Bertz CT molecular complexity index is 899. The van der Waals surface area contributed by atoms with E-state index in [-0.39, 0.29) is 24.8 Å². The van der Waals surface area contributed by atoms with Crippen molar-refractivity contribution < 1.29 is 9.47 Å². The van der Waals surface area contributed by atoms with Gasteiger partial charge in [0.15, 0.2) is 11.5 Å². The summed E-state index contributed by atoms with van der Waals surface area (Å²) in [4.78, 5) is 9.11. The summed E-state index contributed by atoms with van der Waals surface area (Å²) in [6, 6.07) is 6.30. The number of rotatable bonds is 8. The molecule has 170 valence electrons. The zero-order valence-electron chi connectivity index (χ0n) is 17.9. The van der Waals surface area contributed by atoms with E-state index in [0.717, 1.165) is 61.9 Å². The van der Waals surface area contributed by atoms with Gasteiger partial charge in [0.1, 0.15) is 0 Å². The fourth-order valence-corrected chi connectivity index (χ4v) is 4.41. The Balaban J connectivity index is 0.00000171. The maximum absolute atomic E-state index is 6.12. The Hall–Kier alpha value is -1.93. The van der Waals surface area contributed by atoms with Crippen LogP contribution in [0.2, 0.25) is 0 Å². The number of hydrogen-bond acceptors (Lipinski definition) is 6. The molecule has 0 saturated carbocycles. The highest BCUT2D eigenvalue weighted by atomic mass is 35.5. The van der Waals surface area contributed by atoms with Gasteiger partial charge in [-0.2, -0.15) is 11.3 Å². The number of aryl methyl sites for hydroxylation is 1. The lowest BCUT2D eigenvalue weighted by atomic mass is 10.1. The van der Waals surface area contributed by atoms with Gasteiger partial charge in [-0.15, -0.1) is 24.8 Å². The second-order valence-corrected chi connectivity index (χ2v) is 8.06. The van der Waals surface area contributed by atoms with Gasteiger partial charge >= 0.3 is 0 Å². The van der Waals surface area contributed by atoms with Gasteiger partial charge in [0, 0.05) is 62.3 Å². The third kappa shape index (κ3) is 6.29. The lowest BCUT2D eigenvalue weighted by molar-refractivity contribution is 0.220. The van der Waals surface area contributed by atoms with Crippen LogP contribution in [0.3, 0.4) is 0 Å². The van der Waals surface area contributed by atoms with E-state index in [4.69, 9.17) is 9.47 Å². The molecule has 0 spiro atoms. The molecule has 0 N–H and O–H groups in total. The number of thiophene rings is 1. The fraction of sp³-hybridized carbons (Fsp3) is 0.409. The van der Waals surface area contributed by atoms with E-state index in [2.05, 4.69) is 44.6 Å². The maximum Gasteiger partial charge on any atom is 0.164 e. The molecule has 0 amide bonds. The van der Waals surface area contributed by atoms with Crippen molar-refractivity contribution >= 4 is 41.8 Å². The molecule has 31 heavy (non-hydrogen) atoms. The number of methoxy groups -OCH3 is 1. The van der Waals surface area contributed by atoms with Crippen LogP contribution >= 0.6 is 36.2 Å². The predicted octanol–water partition coefficient (Wildman–Crippen LogP) is 4.69. The third-order valence-corrected chi connectivity index (χ3v) is 6.03. The summed E-state index contributed by atoms with van der Waals surface area (Å²) in [5, 5.41) is 4.38. The monoisotopic (exact) mass is 484 g/mol. The van der Waals surface area contributed by atoms with Crippen molar-refractivity contribution in [1.29, 1.82) is 0 Å². The molecule has 1 saturated heterocycles. The number of benzene rings is 1. The minimum Gasteiger partial charge on any atom is -0.493 e. The van der Waals surface area contributed by atoms with E-state index in [0.29, 0.717) is 6.61 Å². The average molecular weight is 485 g/mol. The van der Waals surface area contributed by atoms with Gasteiger partial charge in [-0.1, -0.05) is 0 Å². The van der Waals surface area contributed by atoms with Gasteiger partial charge < -0.3 is 18.9 Å². The lowest BCUT2D eigenvalue weighted by Gasteiger charge is -2.35. The first-order valence-corrected chi connectivity index (χ1v) is 11.0. The molecule has 0 aliphatic carbocycles. The van der Waals surface area contributed by atoms with E-state index in [9.17, 15) is 0 Å². The van der Waals surface area contributed by atoms with Crippen molar-refractivity contribution in [2.24, 2.45) is 0 Å². The summed E-state index contributed by atoms with van der Waals surface area (Å²) in [7, 11) is 1.69. The molecular formula is C22H30Cl2N4O2S. The van der Waals surface area contributed by atoms with Crippen LogP contribution in [0.4, 0.5) is 5.69 Å². The van der Waals surface area contributed by atoms with E-state index in [1.54, 1.807) is 31.0 Å². The second-order valence-electron chi connectivity index (χ2n) is 7.28. The molecule has 9 heteroatoms. The zero-order valence-corrected chi connectivity index (χ0v) is 20.3. The number of hydrogen-bond donors (Lipinski definition) is 0. The van der Waals surface area contributed by atoms with Crippen LogP contribution in [0.25, 0.3) is 5.69 Å². The van der Waals surface area contributed by atoms with E-state index in [1.807, 2.05) is 16.8 Å². The van der Waals surface area contributed by atoms with Crippen LogP contribution < -0.4 is 14.4 Å². The van der Waals surface area contributed by atoms with E-state index in [1.165, 1.54) is 5.69 Å². The molecule has 0 unspecified atom stereocenters. The number of anilines is 1. The predicted molar refractivity (Wildman–Crippen MR) is 132 cm³/mol. The highest BCUT2D eigenvalue weighted by Crippen LogP contribution is 2.33. The van der Waals surface area contributed by atoms with Gasteiger partial charge in [-0.05, 0) is 36.4 Å². The van der Waals surface area contributed by atoms with Crippen LogP contribution in [-0.2, 0) is 0 Å². The Morgan fingerprint density at radius 1 is 1.10 bits per heavy atom. The third-order valence-electron chi connectivity index (χ3n) is 5.36. The number of aromatic nitrogens is 2. The largest absolute Gasteiger partial charge is 0.493 e. The SMILES string of the molecule is COc1cc(-n2ccnc2)cc(C)c1OCCCN1CCN(c2ccsc2)CC1.Cl.Cl. The van der Waals surface area contributed by atoms with Gasteiger partial charge in [0.25, 0.3) is 0 Å². The standard InChI is InChI=1S/C22H28N4O2S.2ClH/c1-18-14-20(26-7-5-23-17-26)15-21(27-2)22(18)28-12-3-6-24-8-10-25(11-9-24)19-4-13-29-16-19;;/h4-5,7,13-17H,3,6,8-12H2,1-2H3;2*1H. The van der Waals surface area contributed by atoms with Crippen molar-refractivity contribution in [2.75, 3.05) is 51.3 Å². The smallest absolute Gasteiger partial charge is 0.164 e. The summed E-state index contributed by atoms with van der Waals surface area (Å²) < 4.78 is 13.7. The van der Waals surface area contributed by atoms with Crippen LogP contribution in [0.1, 0.15) is 12.0 Å². The average Bonchev–Trinajstić information content (AvgIpc) is 3.46. The molecule has 3 aromatic rings. The first-order valence-electron chi connectivity index (χ1n) is 10.0. The summed E-state index contributed by atoms with van der Waals surface area (Å²) in [5.41, 5.74) is 3.45. The van der Waals surface area contributed by atoms with Crippen LogP contribution in [0.5, 0.6) is 11.5 Å².